The fraction of sp³-hybridized carbons (Fsp3) is 0.0476. The molecule has 0 aliphatic heterocycles. The van der Waals surface area contributed by atoms with E-state index in [2.05, 4.69) is 10.5 Å². The molecule has 7 heteroatoms. The molecule has 28 heavy (non-hydrogen) atoms. The molecule has 3 aromatic rings. The standard InChI is InChI=1S/C21H16ClFN2O3/c1-27-20-11-14(13-24-25-16-6-4-5-15(22)12-16)9-10-19(20)28-21(26)17-7-2-3-8-18(17)23/h2-13,25H,1H3/b24-13-. The van der Waals surface area contributed by atoms with Crippen LogP contribution in [0.4, 0.5) is 10.1 Å². The summed E-state index contributed by atoms with van der Waals surface area (Å²) in [5.41, 5.74) is 4.16. The Labute approximate surface area is 166 Å². The van der Waals surface area contributed by atoms with Crippen LogP contribution < -0.4 is 14.9 Å². The van der Waals surface area contributed by atoms with Crippen LogP contribution in [0.5, 0.6) is 11.5 Å². The highest BCUT2D eigenvalue weighted by atomic mass is 35.5. The lowest BCUT2D eigenvalue weighted by Gasteiger charge is -2.10. The number of hydrazone groups is 1. The number of methoxy groups -OCH3 is 1. The van der Waals surface area contributed by atoms with E-state index in [9.17, 15) is 9.18 Å². The Bertz CT molecular complexity index is 1020. The monoisotopic (exact) mass is 398 g/mol. The first-order valence-corrected chi connectivity index (χ1v) is 8.64. The van der Waals surface area contributed by atoms with Crippen molar-refractivity contribution in [2.75, 3.05) is 12.5 Å². The van der Waals surface area contributed by atoms with Crippen molar-refractivity contribution in [3.8, 4) is 11.5 Å². The molecule has 5 nitrogen and oxygen atoms in total. The Morgan fingerprint density at radius 3 is 2.64 bits per heavy atom. The summed E-state index contributed by atoms with van der Waals surface area (Å²) in [6.45, 7) is 0. The predicted molar refractivity (Wildman–Crippen MR) is 107 cm³/mol. The number of carbonyl (C=O) groups excluding carboxylic acids is 1. The topological polar surface area (TPSA) is 59.9 Å². The van der Waals surface area contributed by atoms with Crippen LogP contribution in [0.1, 0.15) is 15.9 Å². The van der Waals surface area contributed by atoms with Crippen LogP contribution in [0.3, 0.4) is 0 Å². The van der Waals surface area contributed by atoms with E-state index in [1.165, 1.54) is 25.3 Å². The van der Waals surface area contributed by atoms with E-state index in [-0.39, 0.29) is 11.3 Å². The molecule has 0 fully saturated rings. The Morgan fingerprint density at radius 2 is 1.89 bits per heavy atom. The number of anilines is 1. The molecular formula is C21H16ClFN2O3. The van der Waals surface area contributed by atoms with E-state index in [1.807, 2.05) is 12.1 Å². The molecule has 0 unspecified atom stereocenters. The van der Waals surface area contributed by atoms with Crippen molar-refractivity contribution in [3.63, 3.8) is 0 Å². The van der Waals surface area contributed by atoms with Gasteiger partial charge in [-0.25, -0.2) is 9.18 Å². The highest BCUT2D eigenvalue weighted by molar-refractivity contribution is 6.30. The third kappa shape index (κ3) is 4.86. The van der Waals surface area contributed by atoms with Gasteiger partial charge in [-0.3, -0.25) is 5.43 Å². The van der Waals surface area contributed by atoms with Crippen LogP contribution in [0.2, 0.25) is 5.02 Å². The van der Waals surface area contributed by atoms with Gasteiger partial charge in [0.25, 0.3) is 0 Å². The maximum atomic E-state index is 13.7. The van der Waals surface area contributed by atoms with Gasteiger partial charge in [0.05, 0.1) is 24.6 Å². The number of nitrogens with zero attached hydrogens (tertiary/aromatic N) is 1. The Kier molecular flexibility index (Phi) is 6.24. The van der Waals surface area contributed by atoms with E-state index >= 15 is 0 Å². The van der Waals surface area contributed by atoms with Gasteiger partial charge in [0, 0.05) is 5.02 Å². The first kappa shape index (κ1) is 19.4. The average Bonchev–Trinajstić information content (AvgIpc) is 2.69. The lowest BCUT2D eigenvalue weighted by molar-refractivity contribution is 0.0725. The fourth-order valence-corrected chi connectivity index (χ4v) is 2.56. The van der Waals surface area contributed by atoms with Crippen LogP contribution >= 0.6 is 11.6 Å². The molecule has 0 radical (unpaired) electrons. The molecule has 0 saturated heterocycles. The number of halogens is 2. The second-order valence-corrected chi connectivity index (χ2v) is 6.10. The smallest absolute Gasteiger partial charge is 0.346 e. The molecule has 1 N–H and O–H groups in total. The molecule has 142 valence electrons. The van der Waals surface area contributed by atoms with Gasteiger partial charge in [-0.2, -0.15) is 5.10 Å². The number of rotatable bonds is 6. The number of hydrogen-bond acceptors (Lipinski definition) is 5. The zero-order valence-electron chi connectivity index (χ0n) is 14.9. The van der Waals surface area contributed by atoms with Crippen molar-refractivity contribution in [1.29, 1.82) is 0 Å². The number of esters is 1. The Balaban J connectivity index is 1.72. The first-order valence-electron chi connectivity index (χ1n) is 8.26. The molecule has 0 aliphatic carbocycles. The summed E-state index contributed by atoms with van der Waals surface area (Å²) < 4.78 is 24.3. The molecule has 0 aliphatic rings. The predicted octanol–water partition coefficient (Wildman–Crippen LogP) is 5.15. The number of ether oxygens (including phenoxy) is 2. The largest absolute Gasteiger partial charge is 0.493 e. The third-order valence-electron chi connectivity index (χ3n) is 3.72. The van der Waals surface area contributed by atoms with E-state index < -0.39 is 11.8 Å². The van der Waals surface area contributed by atoms with Gasteiger partial charge in [-0.05, 0) is 54.1 Å². The van der Waals surface area contributed by atoms with Crippen LogP contribution in [0, 0.1) is 5.82 Å². The van der Waals surface area contributed by atoms with Gasteiger partial charge < -0.3 is 9.47 Å². The Morgan fingerprint density at radius 1 is 1.07 bits per heavy atom. The number of hydrogen-bond donors (Lipinski definition) is 1. The summed E-state index contributed by atoms with van der Waals surface area (Å²) in [5, 5.41) is 4.73. The zero-order valence-corrected chi connectivity index (χ0v) is 15.6. The van der Waals surface area contributed by atoms with Crippen LogP contribution in [0.25, 0.3) is 0 Å². The van der Waals surface area contributed by atoms with Crippen LogP contribution in [0.15, 0.2) is 71.8 Å². The molecule has 0 saturated carbocycles. The van der Waals surface area contributed by atoms with Gasteiger partial charge in [-0.15, -0.1) is 0 Å². The Hall–Kier alpha value is -3.38. The van der Waals surface area contributed by atoms with Gasteiger partial charge >= 0.3 is 5.97 Å². The number of carbonyl (C=O) groups is 1. The van der Waals surface area contributed by atoms with E-state index in [0.29, 0.717) is 16.3 Å². The van der Waals surface area contributed by atoms with Crippen molar-refractivity contribution >= 4 is 29.5 Å². The van der Waals surface area contributed by atoms with Crippen molar-refractivity contribution in [2.24, 2.45) is 5.10 Å². The van der Waals surface area contributed by atoms with Gasteiger partial charge in [0.15, 0.2) is 11.5 Å². The molecule has 3 aromatic carbocycles. The minimum Gasteiger partial charge on any atom is -0.493 e. The molecule has 0 spiro atoms. The maximum absolute atomic E-state index is 13.7. The van der Waals surface area contributed by atoms with Crippen molar-refractivity contribution in [1.82, 2.24) is 0 Å². The molecule has 0 amide bonds. The summed E-state index contributed by atoms with van der Waals surface area (Å²) in [5.74, 6) is -0.963. The van der Waals surface area contributed by atoms with Crippen LogP contribution in [-0.4, -0.2) is 19.3 Å². The van der Waals surface area contributed by atoms with E-state index in [1.54, 1.807) is 42.6 Å². The van der Waals surface area contributed by atoms with Crippen molar-refractivity contribution < 1.29 is 18.7 Å². The quantitative estimate of drug-likeness (QED) is 0.270. The van der Waals surface area contributed by atoms with Crippen LogP contribution in [-0.2, 0) is 0 Å². The lowest BCUT2D eigenvalue weighted by Crippen LogP contribution is -2.11. The lowest BCUT2D eigenvalue weighted by atomic mass is 10.2. The van der Waals surface area contributed by atoms with Crippen molar-refractivity contribution in [3.05, 3.63) is 88.7 Å². The zero-order chi connectivity index (χ0) is 19.9. The molecule has 0 bridgehead atoms. The summed E-state index contributed by atoms with van der Waals surface area (Å²) >= 11 is 5.92. The highest BCUT2D eigenvalue weighted by Crippen LogP contribution is 2.28. The minimum atomic E-state index is -0.805. The molecule has 3 rings (SSSR count). The second kappa shape index (κ2) is 9.01. The normalized spacial score (nSPS) is 10.7. The fourth-order valence-electron chi connectivity index (χ4n) is 2.37. The average molecular weight is 399 g/mol. The SMILES string of the molecule is COc1cc(/C=N\Nc2cccc(Cl)c2)ccc1OC(=O)c1ccccc1F. The molecular weight excluding hydrogens is 383 g/mol. The van der Waals surface area contributed by atoms with E-state index in [4.69, 9.17) is 21.1 Å². The van der Waals surface area contributed by atoms with Gasteiger partial charge in [0.1, 0.15) is 5.82 Å². The van der Waals surface area contributed by atoms with Crippen molar-refractivity contribution in [2.45, 2.75) is 0 Å². The third-order valence-corrected chi connectivity index (χ3v) is 3.95. The van der Waals surface area contributed by atoms with Gasteiger partial charge in [0.2, 0.25) is 0 Å². The summed E-state index contributed by atoms with van der Waals surface area (Å²) in [6, 6.07) is 17.6. The summed E-state index contributed by atoms with van der Waals surface area (Å²) in [7, 11) is 1.45. The molecule has 0 aromatic heterocycles. The summed E-state index contributed by atoms with van der Waals surface area (Å²) in [6.07, 6.45) is 1.58. The summed E-state index contributed by atoms with van der Waals surface area (Å²) in [4.78, 5) is 12.2. The molecule has 0 atom stereocenters. The molecule has 0 heterocycles. The van der Waals surface area contributed by atoms with Gasteiger partial charge in [-0.1, -0.05) is 29.8 Å². The first-order chi connectivity index (χ1) is 13.6. The van der Waals surface area contributed by atoms with E-state index in [0.717, 1.165) is 5.69 Å². The minimum absolute atomic E-state index is 0.152. The second-order valence-electron chi connectivity index (χ2n) is 5.66. The highest BCUT2D eigenvalue weighted by Gasteiger charge is 2.16. The number of benzene rings is 3. The maximum Gasteiger partial charge on any atom is 0.346 e. The number of nitrogens with one attached hydrogen (secondary N) is 1.